The summed E-state index contributed by atoms with van der Waals surface area (Å²) in [5, 5.41) is 3.82. The van der Waals surface area contributed by atoms with Crippen LogP contribution in [-0.4, -0.2) is 6.54 Å². The molecule has 118 valence electrons. The third-order valence-corrected chi connectivity index (χ3v) is 5.28. The van der Waals surface area contributed by atoms with Crippen molar-refractivity contribution in [2.24, 2.45) is 17.8 Å². The number of hydrogen-bond acceptors (Lipinski definition) is 1. The highest BCUT2D eigenvalue weighted by atomic mass is 14.9. The Morgan fingerprint density at radius 2 is 1.57 bits per heavy atom. The SMILES string of the molecule is CCCNC(c1ccc(C)cc1)C1CCC(C(C)C)CC1. The summed E-state index contributed by atoms with van der Waals surface area (Å²) >= 11 is 0. The van der Waals surface area contributed by atoms with Crippen molar-refractivity contribution < 1.29 is 0 Å². The highest BCUT2D eigenvalue weighted by molar-refractivity contribution is 5.24. The van der Waals surface area contributed by atoms with Crippen molar-refractivity contribution in [1.82, 2.24) is 5.32 Å². The molecule has 0 heterocycles. The lowest BCUT2D eigenvalue weighted by atomic mass is 9.73. The zero-order valence-corrected chi connectivity index (χ0v) is 14.4. The van der Waals surface area contributed by atoms with Crippen LogP contribution < -0.4 is 5.32 Å². The Hall–Kier alpha value is -0.820. The molecule has 21 heavy (non-hydrogen) atoms. The molecule has 1 aromatic carbocycles. The summed E-state index contributed by atoms with van der Waals surface area (Å²) in [5.74, 6) is 2.62. The van der Waals surface area contributed by atoms with Crippen LogP contribution in [0.15, 0.2) is 24.3 Å². The van der Waals surface area contributed by atoms with Gasteiger partial charge >= 0.3 is 0 Å². The normalized spacial score (nSPS) is 24.2. The van der Waals surface area contributed by atoms with Crippen LogP contribution in [0.25, 0.3) is 0 Å². The Morgan fingerprint density at radius 3 is 2.10 bits per heavy atom. The lowest BCUT2D eigenvalue weighted by molar-refractivity contribution is 0.189. The fourth-order valence-corrected chi connectivity index (χ4v) is 3.78. The Labute approximate surface area is 131 Å². The molecule has 0 saturated heterocycles. The molecule has 1 fully saturated rings. The van der Waals surface area contributed by atoms with Gasteiger partial charge in [0.15, 0.2) is 0 Å². The van der Waals surface area contributed by atoms with E-state index in [2.05, 4.69) is 57.3 Å². The van der Waals surface area contributed by atoms with Gasteiger partial charge in [0.25, 0.3) is 0 Å². The maximum atomic E-state index is 3.82. The van der Waals surface area contributed by atoms with Crippen LogP contribution in [0, 0.1) is 24.7 Å². The van der Waals surface area contributed by atoms with E-state index in [1.807, 2.05) is 0 Å². The van der Waals surface area contributed by atoms with E-state index in [4.69, 9.17) is 0 Å². The molecule has 1 aliphatic carbocycles. The molecule has 1 nitrogen and oxygen atoms in total. The minimum atomic E-state index is 0.554. The Balaban J connectivity index is 2.04. The summed E-state index contributed by atoms with van der Waals surface area (Å²) in [5.41, 5.74) is 2.85. The van der Waals surface area contributed by atoms with Crippen LogP contribution >= 0.6 is 0 Å². The first-order valence-corrected chi connectivity index (χ1v) is 8.91. The summed E-state index contributed by atoms with van der Waals surface area (Å²) in [6.45, 7) is 10.3. The van der Waals surface area contributed by atoms with Gasteiger partial charge in [-0.15, -0.1) is 0 Å². The Morgan fingerprint density at radius 1 is 1.00 bits per heavy atom. The van der Waals surface area contributed by atoms with Gasteiger partial charge in [0, 0.05) is 6.04 Å². The topological polar surface area (TPSA) is 12.0 Å². The maximum Gasteiger partial charge on any atom is 0.0348 e. The first-order chi connectivity index (χ1) is 10.1. The maximum absolute atomic E-state index is 3.82. The van der Waals surface area contributed by atoms with E-state index in [0.29, 0.717) is 6.04 Å². The molecule has 2 rings (SSSR count). The minimum Gasteiger partial charge on any atom is -0.310 e. The fourth-order valence-electron chi connectivity index (χ4n) is 3.78. The van der Waals surface area contributed by atoms with E-state index < -0.39 is 0 Å². The largest absolute Gasteiger partial charge is 0.310 e. The van der Waals surface area contributed by atoms with E-state index in [0.717, 1.165) is 24.3 Å². The second-order valence-electron chi connectivity index (χ2n) is 7.26. The Bertz CT molecular complexity index is 398. The Kier molecular flexibility index (Phi) is 6.29. The van der Waals surface area contributed by atoms with Crippen molar-refractivity contribution >= 4 is 0 Å². The van der Waals surface area contributed by atoms with Gasteiger partial charge in [-0.2, -0.15) is 0 Å². The van der Waals surface area contributed by atoms with Gasteiger partial charge in [0.05, 0.1) is 0 Å². The average Bonchev–Trinajstić information content (AvgIpc) is 2.50. The van der Waals surface area contributed by atoms with Crippen molar-refractivity contribution in [1.29, 1.82) is 0 Å². The minimum absolute atomic E-state index is 0.554. The predicted octanol–water partition coefficient (Wildman–Crippen LogP) is 5.50. The molecule has 1 N–H and O–H groups in total. The number of nitrogens with one attached hydrogen (secondary N) is 1. The van der Waals surface area contributed by atoms with Crippen molar-refractivity contribution in [3.05, 3.63) is 35.4 Å². The van der Waals surface area contributed by atoms with E-state index in [1.165, 1.54) is 43.2 Å². The second-order valence-corrected chi connectivity index (χ2v) is 7.26. The molecule has 0 aromatic heterocycles. The van der Waals surface area contributed by atoms with E-state index in [1.54, 1.807) is 0 Å². The molecule has 0 amide bonds. The van der Waals surface area contributed by atoms with Gasteiger partial charge in [0.2, 0.25) is 0 Å². The van der Waals surface area contributed by atoms with Gasteiger partial charge in [-0.05, 0) is 68.9 Å². The van der Waals surface area contributed by atoms with Crippen molar-refractivity contribution in [2.45, 2.75) is 65.8 Å². The standard InChI is InChI=1S/C20H33N/c1-5-14-21-20(18-8-6-16(4)7-9-18)19-12-10-17(11-13-19)15(2)3/h6-9,15,17,19-21H,5,10-14H2,1-4H3. The summed E-state index contributed by atoms with van der Waals surface area (Å²) in [4.78, 5) is 0. The molecular formula is C20H33N. The molecule has 1 atom stereocenters. The first-order valence-electron chi connectivity index (χ1n) is 8.91. The highest BCUT2D eigenvalue weighted by Gasteiger charge is 2.29. The zero-order valence-electron chi connectivity index (χ0n) is 14.4. The zero-order chi connectivity index (χ0) is 15.2. The van der Waals surface area contributed by atoms with Crippen LogP contribution in [-0.2, 0) is 0 Å². The molecule has 0 radical (unpaired) electrons. The van der Waals surface area contributed by atoms with Crippen LogP contribution in [0.4, 0.5) is 0 Å². The molecular weight excluding hydrogens is 254 g/mol. The lowest BCUT2D eigenvalue weighted by Gasteiger charge is -2.36. The summed E-state index contributed by atoms with van der Waals surface area (Å²) < 4.78 is 0. The van der Waals surface area contributed by atoms with Crippen molar-refractivity contribution in [3.8, 4) is 0 Å². The van der Waals surface area contributed by atoms with E-state index in [9.17, 15) is 0 Å². The van der Waals surface area contributed by atoms with Crippen molar-refractivity contribution in [2.75, 3.05) is 6.54 Å². The quantitative estimate of drug-likeness (QED) is 0.728. The molecule has 0 bridgehead atoms. The summed E-state index contributed by atoms with van der Waals surface area (Å²) in [6.07, 6.45) is 6.82. The molecule has 1 saturated carbocycles. The number of hydrogen-bond donors (Lipinski definition) is 1. The highest BCUT2D eigenvalue weighted by Crippen LogP contribution is 2.39. The average molecular weight is 287 g/mol. The predicted molar refractivity (Wildman–Crippen MR) is 92.5 cm³/mol. The van der Waals surface area contributed by atoms with Gasteiger partial charge < -0.3 is 5.32 Å². The molecule has 0 aliphatic heterocycles. The number of aryl methyl sites for hydroxylation is 1. The van der Waals surface area contributed by atoms with E-state index >= 15 is 0 Å². The second kappa shape index (κ2) is 7.98. The van der Waals surface area contributed by atoms with Crippen LogP contribution in [0.5, 0.6) is 0 Å². The third kappa shape index (κ3) is 4.57. The summed E-state index contributed by atoms with van der Waals surface area (Å²) in [7, 11) is 0. The first kappa shape index (κ1) is 16.5. The number of rotatable bonds is 6. The van der Waals surface area contributed by atoms with Crippen molar-refractivity contribution in [3.63, 3.8) is 0 Å². The van der Waals surface area contributed by atoms with Gasteiger partial charge in [-0.25, -0.2) is 0 Å². The molecule has 0 spiro atoms. The van der Waals surface area contributed by atoms with Gasteiger partial charge in [0.1, 0.15) is 0 Å². The third-order valence-electron chi connectivity index (χ3n) is 5.28. The van der Waals surface area contributed by atoms with Crippen LogP contribution in [0.3, 0.4) is 0 Å². The monoisotopic (exact) mass is 287 g/mol. The van der Waals surface area contributed by atoms with Crippen LogP contribution in [0.2, 0.25) is 0 Å². The molecule has 1 aromatic rings. The van der Waals surface area contributed by atoms with Crippen LogP contribution in [0.1, 0.15) is 70.0 Å². The van der Waals surface area contributed by atoms with Gasteiger partial charge in [-0.1, -0.05) is 50.6 Å². The molecule has 1 unspecified atom stereocenters. The van der Waals surface area contributed by atoms with E-state index in [-0.39, 0.29) is 0 Å². The molecule has 1 heteroatoms. The summed E-state index contributed by atoms with van der Waals surface area (Å²) in [6, 6.07) is 9.73. The number of benzene rings is 1. The smallest absolute Gasteiger partial charge is 0.0348 e. The van der Waals surface area contributed by atoms with Gasteiger partial charge in [-0.3, -0.25) is 0 Å². The lowest BCUT2D eigenvalue weighted by Crippen LogP contribution is -2.32. The fraction of sp³-hybridized carbons (Fsp3) is 0.700. The molecule has 1 aliphatic rings.